The quantitative estimate of drug-likeness (QED) is 0.622. The number of rotatable bonds is 6. The monoisotopic (exact) mass is 413 g/mol. The third kappa shape index (κ3) is 5.53. The number of carbonyl (C=O) groups excluding carboxylic acids is 1. The van der Waals surface area contributed by atoms with E-state index >= 15 is 0 Å². The van der Waals surface area contributed by atoms with E-state index in [1.165, 1.54) is 12.1 Å². The smallest absolute Gasteiger partial charge is 0.376 e. The Kier molecular flexibility index (Phi) is 6.08. The van der Waals surface area contributed by atoms with Gasteiger partial charge >= 0.3 is 6.18 Å². The Morgan fingerprint density at radius 2 is 1.80 bits per heavy atom. The minimum atomic E-state index is -4.43. The molecule has 0 aliphatic heterocycles. The summed E-state index contributed by atoms with van der Waals surface area (Å²) in [6.45, 7) is 3.62. The molecule has 0 atom stereocenters. The third-order valence-corrected chi connectivity index (χ3v) is 3.89. The molecule has 0 aliphatic rings. The number of anilines is 1. The molecule has 0 unspecified atom stereocenters. The molecular weight excluding hydrogens is 399 g/mol. The van der Waals surface area contributed by atoms with Crippen LogP contribution in [0.1, 0.15) is 11.1 Å². The van der Waals surface area contributed by atoms with E-state index in [-0.39, 0.29) is 12.2 Å². The lowest BCUT2D eigenvalue weighted by Crippen LogP contribution is -2.39. The third-order valence-electron chi connectivity index (χ3n) is 3.19. The Bertz CT molecular complexity index is 778. The molecule has 0 spiro atoms. The van der Waals surface area contributed by atoms with Crippen LogP contribution in [0.4, 0.5) is 18.9 Å². The van der Waals surface area contributed by atoms with E-state index in [0.717, 1.165) is 22.2 Å². The van der Waals surface area contributed by atoms with E-state index in [2.05, 4.69) is 38.7 Å². The molecule has 1 amide bonds. The highest BCUT2D eigenvalue weighted by atomic mass is 79.9. The van der Waals surface area contributed by atoms with Crippen LogP contribution in [0, 0.1) is 0 Å². The van der Waals surface area contributed by atoms with Crippen LogP contribution < -0.4 is 16.2 Å². The second-order valence-electron chi connectivity index (χ2n) is 5.06. The van der Waals surface area contributed by atoms with Gasteiger partial charge in [-0.2, -0.15) is 13.2 Å². The Morgan fingerprint density at radius 3 is 2.48 bits per heavy atom. The summed E-state index contributed by atoms with van der Waals surface area (Å²) in [7, 11) is 0. The fourth-order valence-electron chi connectivity index (χ4n) is 1.95. The van der Waals surface area contributed by atoms with Crippen molar-refractivity contribution in [1.82, 2.24) is 10.9 Å². The topological polar surface area (TPSA) is 53.2 Å². The zero-order valence-electron chi connectivity index (χ0n) is 13.0. The van der Waals surface area contributed by atoms with E-state index < -0.39 is 17.6 Å². The zero-order valence-corrected chi connectivity index (χ0v) is 14.5. The molecule has 0 aliphatic carbocycles. The van der Waals surface area contributed by atoms with Gasteiger partial charge in [0.25, 0.3) is 5.91 Å². The molecule has 8 heteroatoms. The van der Waals surface area contributed by atoms with Crippen molar-refractivity contribution < 1.29 is 18.0 Å². The first-order chi connectivity index (χ1) is 11.8. The minimum Gasteiger partial charge on any atom is -0.376 e. The number of nitrogens with one attached hydrogen (secondary N) is 3. The molecule has 2 aromatic rings. The maximum absolute atomic E-state index is 12.6. The number of benzene rings is 2. The predicted octanol–water partition coefficient (Wildman–Crippen LogP) is 4.17. The molecule has 0 heterocycles. The Hall–Kier alpha value is -2.48. The second kappa shape index (κ2) is 8.06. The molecule has 4 nitrogen and oxygen atoms in total. The highest BCUT2D eigenvalue weighted by Crippen LogP contribution is 2.30. The minimum absolute atomic E-state index is 0.197. The molecule has 2 rings (SSSR count). The number of amides is 1. The summed E-state index contributed by atoms with van der Waals surface area (Å²) >= 11 is 3.37. The molecule has 2 aromatic carbocycles. The molecule has 0 aromatic heterocycles. The van der Waals surface area contributed by atoms with Gasteiger partial charge in [-0.15, -0.1) is 0 Å². The highest BCUT2D eigenvalue weighted by Gasteiger charge is 2.30. The van der Waals surface area contributed by atoms with E-state index in [0.29, 0.717) is 5.70 Å². The van der Waals surface area contributed by atoms with Gasteiger partial charge < -0.3 is 5.32 Å². The molecule has 0 bridgehead atoms. The molecule has 25 heavy (non-hydrogen) atoms. The SMILES string of the molecule is C=C(NNC(=O)CNc1cccc(C(F)(F)F)c1)c1ccccc1Br. The Morgan fingerprint density at radius 1 is 1.08 bits per heavy atom. The van der Waals surface area contributed by atoms with Crippen molar-refractivity contribution in [1.29, 1.82) is 0 Å². The number of hydrogen-bond donors (Lipinski definition) is 3. The first-order valence-electron chi connectivity index (χ1n) is 7.17. The Balaban J connectivity index is 1.85. The molecule has 3 N–H and O–H groups in total. The molecule has 0 radical (unpaired) electrons. The predicted molar refractivity (Wildman–Crippen MR) is 94.4 cm³/mol. The lowest BCUT2D eigenvalue weighted by Gasteiger charge is -2.14. The van der Waals surface area contributed by atoms with Crippen LogP contribution in [0.3, 0.4) is 0 Å². The summed E-state index contributed by atoms with van der Waals surface area (Å²) in [4.78, 5) is 11.8. The molecule has 0 saturated heterocycles. The van der Waals surface area contributed by atoms with Crippen molar-refractivity contribution in [3.05, 3.63) is 70.7 Å². The lowest BCUT2D eigenvalue weighted by molar-refractivity contribution is -0.137. The largest absolute Gasteiger partial charge is 0.416 e. The van der Waals surface area contributed by atoms with Gasteiger partial charge in [-0.05, 0) is 24.3 Å². The van der Waals surface area contributed by atoms with Crippen LogP contribution in [-0.2, 0) is 11.0 Å². The van der Waals surface area contributed by atoms with Gasteiger partial charge in [0.05, 0.1) is 17.8 Å². The van der Waals surface area contributed by atoms with Crippen LogP contribution in [-0.4, -0.2) is 12.5 Å². The average molecular weight is 414 g/mol. The molecule has 0 fully saturated rings. The van der Waals surface area contributed by atoms with Gasteiger partial charge in [-0.3, -0.25) is 15.6 Å². The normalized spacial score (nSPS) is 10.9. The summed E-state index contributed by atoms with van der Waals surface area (Å²) in [5.41, 5.74) is 5.76. The van der Waals surface area contributed by atoms with Crippen LogP contribution in [0.2, 0.25) is 0 Å². The number of hydrazine groups is 1. The van der Waals surface area contributed by atoms with Crippen molar-refractivity contribution in [2.24, 2.45) is 0 Å². The molecule has 132 valence electrons. The first kappa shape index (κ1) is 18.9. The maximum atomic E-state index is 12.6. The van der Waals surface area contributed by atoms with Gasteiger partial charge in [-0.25, -0.2) is 0 Å². The van der Waals surface area contributed by atoms with Crippen LogP contribution in [0.15, 0.2) is 59.6 Å². The van der Waals surface area contributed by atoms with Gasteiger partial charge in [0, 0.05) is 15.7 Å². The summed E-state index contributed by atoms with van der Waals surface area (Å²) in [5, 5.41) is 2.64. The van der Waals surface area contributed by atoms with Crippen molar-refractivity contribution in [3.63, 3.8) is 0 Å². The van der Waals surface area contributed by atoms with Crippen LogP contribution in [0.25, 0.3) is 5.70 Å². The summed E-state index contributed by atoms with van der Waals surface area (Å²) in [6, 6.07) is 12.0. The summed E-state index contributed by atoms with van der Waals surface area (Å²) in [5.74, 6) is -0.453. The summed E-state index contributed by atoms with van der Waals surface area (Å²) < 4.78 is 38.7. The number of hydrogen-bond acceptors (Lipinski definition) is 3. The van der Waals surface area contributed by atoms with E-state index in [4.69, 9.17) is 0 Å². The van der Waals surface area contributed by atoms with Crippen molar-refractivity contribution in [3.8, 4) is 0 Å². The van der Waals surface area contributed by atoms with Gasteiger partial charge in [0.1, 0.15) is 0 Å². The van der Waals surface area contributed by atoms with Crippen LogP contribution >= 0.6 is 15.9 Å². The second-order valence-corrected chi connectivity index (χ2v) is 5.92. The molecule has 0 saturated carbocycles. The summed E-state index contributed by atoms with van der Waals surface area (Å²) in [6.07, 6.45) is -4.43. The maximum Gasteiger partial charge on any atom is 0.416 e. The standard InChI is InChI=1S/C17H15BrF3N3O/c1-11(14-7-2-3-8-15(14)18)23-24-16(25)10-22-13-6-4-5-12(9-13)17(19,20)21/h2-9,22-23H,1,10H2,(H,24,25). The average Bonchev–Trinajstić information content (AvgIpc) is 2.58. The van der Waals surface area contributed by atoms with E-state index in [1.54, 1.807) is 0 Å². The van der Waals surface area contributed by atoms with Gasteiger partial charge in [0.15, 0.2) is 0 Å². The fraction of sp³-hybridized carbons (Fsp3) is 0.118. The van der Waals surface area contributed by atoms with Gasteiger partial charge in [-0.1, -0.05) is 46.8 Å². The molecular formula is C17H15BrF3N3O. The Labute approximate surface area is 151 Å². The fourth-order valence-corrected chi connectivity index (χ4v) is 2.47. The van der Waals surface area contributed by atoms with Crippen molar-refractivity contribution in [2.45, 2.75) is 6.18 Å². The van der Waals surface area contributed by atoms with Crippen LogP contribution in [0.5, 0.6) is 0 Å². The lowest BCUT2D eigenvalue weighted by atomic mass is 10.2. The van der Waals surface area contributed by atoms with E-state index in [1.807, 2.05) is 24.3 Å². The van der Waals surface area contributed by atoms with Crippen molar-refractivity contribution in [2.75, 3.05) is 11.9 Å². The van der Waals surface area contributed by atoms with Crippen molar-refractivity contribution >= 4 is 33.2 Å². The number of carbonyl (C=O) groups is 1. The number of alkyl halides is 3. The number of halogens is 4. The van der Waals surface area contributed by atoms with Gasteiger partial charge in [0.2, 0.25) is 0 Å². The highest BCUT2D eigenvalue weighted by molar-refractivity contribution is 9.10. The first-order valence-corrected chi connectivity index (χ1v) is 7.96. The van der Waals surface area contributed by atoms with E-state index in [9.17, 15) is 18.0 Å². The zero-order chi connectivity index (χ0) is 18.4.